The van der Waals surface area contributed by atoms with E-state index in [1.54, 1.807) is 11.4 Å². The van der Waals surface area contributed by atoms with E-state index in [0.717, 1.165) is 37.0 Å². The van der Waals surface area contributed by atoms with Gasteiger partial charge in [-0.2, -0.15) is 4.31 Å². The molecule has 0 amide bonds. The molecule has 0 spiro atoms. The summed E-state index contributed by atoms with van der Waals surface area (Å²) >= 11 is 0. The lowest BCUT2D eigenvalue weighted by molar-refractivity contribution is 0.127. The van der Waals surface area contributed by atoms with E-state index < -0.39 is 14.8 Å². The molecule has 0 aromatic heterocycles. The van der Waals surface area contributed by atoms with Gasteiger partial charge >= 0.3 is 0 Å². The molecular formula is C17H25NO3S. The molecule has 1 aliphatic carbocycles. The van der Waals surface area contributed by atoms with Crippen LogP contribution in [-0.4, -0.2) is 30.6 Å². The molecule has 1 aromatic carbocycles. The quantitative estimate of drug-likeness (QED) is 0.855. The number of rotatable bonds is 3. The second kappa shape index (κ2) is 5.53. The molecule has 122 valence electrons. The van der Waals surface area contributed by atoms with Gasteiger partial charge in [0.2, 0.25) is 10.0 Å². The van der Waals surface area contributed by atoms with E-state index in [0.29, 0.717) is 0 Å². The Bertz CT molecular complexity index is 630. The van der Waals surface area contributed by atoms with Gasteiger partial charge in [0, 0.05) is 6.04 Å². The minimum absolute atomic E-state index is 0.0634. The molecule has 1 saturated carbocycles. The van der Waals surface area contributed by atoms with Gasteiger partial charge in [0.1, 0.15) is 10.5 Å². The predicted octanol–water partition coefficient (Wildman–Crippen LogP) is 3.49. The lowest BCUT2D eigenvalue weighted by atomic mass is 9.89. The normalized spacial score (nSPS) is 28.0. The maximum absolute atomic E-state index is 12.8. The number of nitrogens with zero attached hydrogens (tertiary/aromatic N) is 1. The van der Waals surface area contributed by atoms with Gasteiger partial charge < -0.3 is 4.74 Å². The molecule has 2 fully saturated rings. The third kappa shape index (κ3) is 2.26. The molecule has 0 bridgehead atoms. The van der Waals surface area contributed by atoms with Crippen LogP contribution in [0.15, 0.2) is 24.3 Å². The summed E-state index contributed by atoms with van der Waals surface area (Å²) in [4.78, 5) is 0. The van der Waals surface area contributed by atoms with E-state index in [1.165, 1.54) is 6.42 Å². The molecule has 1 atom stereocenters. The molecule has 5 heteroatoms. The minimum atomic E-state index is -3.21. The van der Waals surface area contributed by atoms with Crippen LogP contribution in [0.2, 0.25) is 0 Å². The van der Waals surface area contributed by atoms with Crippen LogP contribution < -0.4 is 4.74 Å². The Balaban J connectivity index is 1.95. The predicted molar refractivity (Wildman–Crippen MR) is 87.4 cm³/mol. The van der Waals surface area contributed by atoms with Crippen molar-refractivity contribution in [2.45, 2.75) is 62.8 Å². The Labute approximate surface area is 133 Å². The van der Waals surface area contributed by atoms with Crippen LogP contribution in [0.25, 0.3) is 0 Å². The van der Waals surface area contributed by atoms with E-state index in [4.69, 9.17) is 4.74 Å². The molecule has 1 heterocycles. The maximum Gasteiger partial charge on any atom is 0.222 e. The highest BCUT2D eigenvalue weighted by Gasteiger charge is 2.62. The van der Waals surface area contributed by atoms with Crippen molar-refractivity contribution in [2.75, 3.05) is 7.11 Å². The van der Waals surface area contributed by atoms with Gasteiger partial charge in [0.25, 0.3) is 0 Å². The number of benzene rings is 1. The highest BCUT2D eigenvalue weighted by molar-refractivity contribution is 7.91. The summed E-state index contributed by atoms with van der Waals surface area (Å²) in [5.74, 6) is 0.799. The molecule has 3 rings (SSSR count). The summed E-state index contributed by atoms with van der Waals surface area (Å²) < 4.78 is 31.8. The highest BCUT2D eigenvalue weighted by Crippen LogP contribution is 2.53. The summed E-state index contributed by atoms with van der Waals surface area (Å²) in [6.45, 7) is 3.69. The molecule has 1 aliphatic heterocycles. The van der Waals surface area contributed by atoms with Crippen molar-refractivity contribution < 1.29 is 13.2 Å². The van der Waals surface area contributed by atoms with Crippen LogP contribution in [0.3, 0.4) is 0 Å². The molecule has 1 aromatic rings. The lowest BCUT2D eigenvalue weighted by Crippen LogP contribution is -2.67. The van der Waals surface area contributed by atoms with Crippen LogP contribution >= 0.6 is 0 Å². The first-order chi connectivity index (χ1) is 10.4. The van der Waals surface area contributed by atoms with Crippen LogP contribution in [0.5, 0.6) is 5.75 Å². The Morgan fingerprint density at radius 2 is 1.68 bits per heavy atom. The van der Waals surface area contributed by atoms with E-state index in [1.807, 2.05) is 38.1 Å². The van der Waals surface area contributed by atoms with Gasteiger partial charge in [-0.3, -0.25) is 0 Å². The maximum atomic E-state index is 12.8. The number of sulfonamides is 1. The second-order valence-corrected chi connectivity index (χ2v) is 9.33. The summed E-state index contributed by atoms with van der Waals surface area (Å²) in [5, 5.41) is 0. The van der Waals surface area contributed by atoms with Crippen molar-refractivity contribution in [1.29, 1.82) is 0 Å². The molecule has 1 saturated heterocycles. The fourth-order valence-corrected chi connectivity index (χ4v) is 6.07. The number of hydrogen-bond acceptors (Lipinski definition) is 3. The topological polar surface area (TPSA) is 46.6 Å². The number of methoxy groups -OCH3 is 1. The standard InChI is InChI=1S/C17H25NO3S/c1-17(2)16(13-9-11-15(21-3)12-10-13)18(22(17,19)20)14-7-5-4-6-8-14/h9-12,14,16H,4-8H2,1-3H3. The molecule has 2 aliphatic rings. The first-order valence-corrected chi connectivity index (χ1v) is 9.50. The zero-order chi connectivity index (χ0) is 16.0. The van der Waals surface area contributed by atoms with Crippen molar-refractivity contribution in [3.63, 3.8) is 0 Å². The SMILES string of the molecule is COc1ccc(C2N(C3CCCCC3)S(=O)(=O)C2(C)C)cc1. The van der Waals surface area contributed by atoms with Crippen LogP contribution in [-0.2, 0) is 10.0 Å². The summed E-state index contributed by atoms with van der Waals surface area (Å²) in [6.07, 6.45) is 5.46. The van der Waals surface area contributed by atoms with Gasteiger partial charge in [-0.25, -0.2) is 8.42 Å². The Morgan fingerprint density at radius 3 is 2.23 bits per heavy atom. The molecule has 4 nitrogen and oxygen atoms in total. The molecule has 0 radical (unpaired) electrons. The van der Waals surface area contributed by atoms with E-state index in [2.05, 4.69) is 0 Å². The summed E-state index contributed by atoms with van der Waals surface area (Å²) in [7, 11) is -1.57. The molecule has 0 N–H and O–H groups in total. The fourth-order valence-electron chi connectivity index (χ4n) is 3.89. The molecular weight excluding hydrogens is 298 g/mol. The van der Waals surface area contributed by atoms with E-state index in [-0.39, 0.29) is 12.1 Å². The second-order valence-electron chi connectivity index (χ2n) is 6.91. The van der Waals surface area contributed by atoms with Gasteiger partial charge in [-0.05, 0) is 44.4 Å². The highest BCUT2D eigenvalue weighted by atomic mass is 32.2. The number of ether oxygens (including phenoxy) is 1. The van der Waals surface area contributed by atoms with E-state index in [9.17, 15) is 8.42 Å². The zero-order valence-electron chi connectivity index (χ0n) is 13.6. The first-order valence-electron chi connectivity index (χ1n) is 8.06. The third-order valence-electron chi connectivity index (χ3n) is 5.22. The van der Waals surface area contributed by atoms with Gasteiger partial charge in [0.15, 0.2) is 0 Å². The average molecular weight is 323 g/mol. The molecule has 1 unspecified atom stereocenters. The van der Waals surface area contributed by atoms with Gasteiger partial charge in [0.05, 0.1) is 13.2 Å². The molecule has 22 heavy (non-hydrogen) atoms. The monoisotopic (exact) mass is 323 g/mol. The average Bonchev–Trinajstić information content (AvgIpc) is 2.53. The van der Waals surface area contributed by atoms with Crippen LogP contribution in [0.1, 0.15) is 57.6 Å². The van der Waals surface area contributed by atoms with Gasteiger partial charge in [-0.15, -0.1) is 0 Å². The largest absolute Gasteiger partial charge is 0.497 e. The van der Waals surface area contributed by atoms with E-state index >= 15 is 0 Å². The van der Waals surface area contributed by atoms with Crippen LogP contribution in [0, 0.1) is 0 Å². The third-order valence-corrected chi connectivity index (χ3v) is 7.84. The van der Waals surface area contributed by atoms with Crippen molar-refractivity contribution in [2.24, 2.45) is 0 Å². The fraction of sp³-hybridized carbons (Fsp3) is 0.647. The Kier molecular flexibility index (Phi) is 3.98. The van der Waals surface area contributed by atoms with Crippen molar-refractivity contribution in [1.82, 2.24) is 4.31 Å². The Morgan fingerprint density at radius 1 is 1.09 bits per heavy atom. The minimum Gasteiger partial charge on any atom is -0.497 e. The lowest BCUT2D eigenvalue weighted by Gasteiger charge is -2.56. The van der Waals surface area contributed by atoms with Gasteiger partial charge in [-0.1, -0.05) is 31.4 Å². The smallest absolute Gasteiger partial charge is 0.222 e. The van der Waals surface area contributed by atoms with Crippen molar-refractivity contribution in [3.05, 3.63) is 29.8 Å². The first kappa shape index (κ1) is 15.8. The van der Waals surface area contributed by atoms with Crippen molar-refractivity contribution in [3.8, 4) is 5.75 Å². The zero-order valence-corrected chi connectivity index (χ0v) is 14.4. The summed E-state index contributed by atoms with van der Waals surface area (Å²) in [5.41, 5.74) is 1.06. The van der Waals surface area contributed by atoms with Crippen LogP contribution in [0.4, 0.5) is 0 Å². The summed E-state index contributed by atoms with van der Waals surface area (Å²) in [6, 6.07) is 7.92. The van der Waals surface area contributed by atoms with Crippen molar-refractivity contribution >= 4 is 10.0 Å². The Hall–Kier alpha value is -1.07. The number of hydrogen-bond donors (Lipinski definition) is 0.